The van der Waals surface area contributed by atoms with E-state index >= 15 is 0 Å². The molecule has 33 heavy (non-hydrogen) atoms. The number of fused-ring (bicyclic) bond motifs is 1. The van der Waals surface area contributed by atoms with Gasteiger partial charge in [0.05, 0.1) is 31.6 Å². The highest BCUT2D eigenvalue weighted by atomic mass is 16.5. The number of para-hydroxylation sites is 2. The van der Waals surface area contributed by atoms with Crippen LogP contribution in [0, 0.1) is 0 Å². The lowest BCUT2D eigenvalue weighted by Crippen LogP contribution is -2.26. The van der Waals surface area contributed by atoms with E-state index in [1.54, 1.807) is 26.4 Å². The van der Waals surface area contributed by atoms with Crippen LogP contribution in [0.4, 0.5) is 11.4 Å². The fraction of sp³-hybridized carbons (Fsp3) is 0.222. The molecular weight excluding hydrogens is 416 g/mol. The van der Waals surface area contributed by atoms with Gasteiger partial charge in [-0.05, 0) is 59.9 Å². The molecule has 1 aliphatic heterocycles. The number of aromatic hydroxyl groups is 1. The number of ether oxygens (including phenoxy) is 2. The molecule has 2 unspecified atom stereocenters. The van der Waals surface area contributed by atoms with Crippen LogP contribution in [0.2, 0.25) is 0 Å². The second-order valence-electron chi connectivity index (χ2n) is 8.37. The van der Waals surface area contributed by atoms with Crippen molar-refractivity contribution in [3.8, 4) is 17.2 Å². The SMILES string of the molecule is COc1ccc(C2CC(=O)C3=C(C2)Nc2ccccc2NC3c2ccc(O)cc2)cc1OC. The van der Waals surface area contributed by atoms with E-state index in [-0.39, 0.29) is 23.5 Å². The van der Waals surface area contributed by atoms with Gasteiger partial charge in [-0.15, -0.1) is 0 Å². The minimum Gasteiger partial charge on any atom is -0.508 e. The molecule has 2 aliphatic rings. The van der Waals surface area contributed by atoms with Gasteiger partial charge in [-0.3, -0.25) is 4.79 Å². The van der Waals surface area contributed by atoms with Crippen molar-refractivity contribution in [3.05, 3.63) is 89.1 Å². The fourth-order valence-corrected chi connectivity index (χ4v) is 4.75. The molecule has 0 radical (unpaired) electrons. The molecule has 0 saturated heterocycles. The Kier molecular flexibility index (Phi) is 5.42. The van der Waals surface area contributed by atoms with E-state index in [1.807, 2.05) is 54.6 Å². The summed E-state index contributed by atoms with van der Waals surface area (Å²) in [4.78, 5) is 13.6. The van der Waals surface area contributed by atoms with Gasteiger partial charge < -0.3 is 25.2 Å². The van der Waals surface area contributed by atoms with Gasteiger partial charge in [0.15, 0.2) is 17.3 Å². The largest absolute Gasteiger partial charge is 0.508 e. The summed E-state index contributed by atoms with van der Waals surface area (Å²) in [5, 5.41) is 16.9. The summed E-state index contributed by atoms with van der Waals surface area (Å²) in [5.74, 6) is 1.64. The number of phenolic OH excluding ortho intramolecular Hbond substituents is 1. The van der Waals surface area contributed by atoms with E-state index in [9.17, 15) is 9.90 Å². The van der Waals surface area contributed by atoms with Crippen LogP contribution in [0.1, 0.15) is 35.9 Å². The lowest BCUT2D eigenvalue weighted by molar-refractivity contribution is -0.116. The summed E-state index contributed by atoms with van der Waals surface area (Å²) in [5.41, 5.74) is 5.50. The van der Waals surface area contributed by atoms with E-state index in [1.165, 1.54) is 0 Å². The Morgan fingerprint density at radius 1 is 0.848 bits per heavy atom. The van der Waals surface area contributed by atoms with Crippen molar-refractivity contribution in [3.63, 3.8) is 0 Å². The Morgan fingerprint density at radius 3 is 2.27 bits per heavy atom. The van der Waals surface area contributed by atoms with Gasteiger partial charge in [-0.25, -0.2) is 0 Å². The maximum Gasteiger partial charge on any atom is 0.163 e. The average molecular weight is 443 g/mol. The Labute approximate surface area is 192 Å². The van der Waals surface area contributed by atoms with Crippen LogP contribution < -0.4 is 20.1 Å². The van der Waals surface area contributed by atoms with Crippen LogP contribution in [-0.4, -0.2) is 25.1 Å². The highest BCUT2D eigenvalue weighted by Gasteiger charge is 2.36. The number of nitrogens with one attached hydrogen (secondary N) is 2. The fourth-order valence-electron chi connectivity index (χ4n) is 4.75. The molecule has 5 rings (SSSR count). The number of hydrogen-bond donors (Lipinski definition) is 3. The van der Waals surface area contributed by atoms with Gasteiger partial charge in [0.2, 0.25) is 0 Å². The summed E-state index contributed by atoms with van der Waals surface area (Å²) < 4.78 is 10.9. The van der Waals surface area contributed by atoms with Gasteiger partial charge in [0.1, 0.15) is 5.75 Å². The number of allylic oxidation sites excluding steroid dienone is 1. The Balaban J connectivity index is 1.57. The second-order valence-corrected chi connectivity index (χ2v) is 8.37. The number of rotatable bonds is 4. The van der Waals surface area contributed by atoms with Gasteiger partial charge in [0.25, 0.3) is 0 Å². The molecule has 0 saturated carbocycles. The van der Waals surface area contributed by atoms with Crippen LogP contribution in [0.15, 0.2) is 78.0 Å². The first-order valence-corrected chi connectivity index (χ1v) is 11.0. The highest BCUT2D eigenvalue weighted by Crippen LogP contribution is 2.45. The molecule has 0 amide bonds. The Hall–Kier alpha value is -3.93. The molecule has 6 heteroatoms. The Bertz CT molecular complexity index is 1230. The maximum atomic E-state index is 13.6. The number of methoxy groups -OCH3 is 2. The van der Waals surface area contributed by atoms with E-state index in [4.69, 9.17) is 9.47 Å². The van der Waals surface area contributed by atoms with Crippen molar-refractivity contribution in [2.24, 2.45) is 0 Å². The molecule has 3 aromatic rings. The summed E-state index contributed by atoms with van der Waals surface area (Å²) >= 11 is 0. The van der Waals surface area contributed by atoms with Crippen molar-refractivity contribution in [1.29, 1.82) is 0 Å². The van der Waals surface area contributed by atoms with Gasteiger partial charge in [-0.1, -0.05) is 30.3 Å². The van der Waals surface area contributed by atoms with E-state index in [0.29, 0.717) is 24.3 Å². The standard InChI is InChI=1S/C27H26N2O4/c1-32-24-12-9-17(15-25(24)33-2)18-13-22-26(23(31)14-18)27(16-7-10-19(30)11-8-16)29-21-6-4-3-5-20(21)28-22/h3-12,15,18,27-30H,13-14H2,1-2H3. The number of Topliss-reactive ketones (excluding diaryl/α,β-unsaturated/α-hetero) is 1. The number of benzene rings is 3. The first kappa shape index (κ1) is 20.9. The van der Waals surface area contributed by atoms with Crippen LogP contribution in [0.5, 0.6) is 17.2 Å². The van der Waals surface area contributed by atoms with Gasteiger partial charge >= 0.3 is 0 Å². The van der Waals surface area contributed by atoms with Crippen LogP contribution in [0.25, 0.3) is 0 Å². The third-order valence-electron chi connectivity index (χ3n) is 6.41. The highest BCUT2D eigenvalue weighted by molar-refractivity contribution is 6.01. The zero-order valence-corrected chi connectivity index (χ0v) is 18.6. The first-order valence-electron chi connectivity index (χ1n) is 11.0. The normalized spacial score (nSPS) is 19.5. The number of phenols is 1. The Morgan fingerprint density at radius 2 is 1.55 bits per heavy atom. The topological polar surface area (TPSA) is 79.8 Å². The molecule has 0 aromatic heterocycles. The van der Waals surface area contributed by atoms with Gasteiger partial charge in [-0.2, -0.15) is 0 Å². The smallest absolute Gasteiger partial charge is 0.163 e. The molecule has 0 fully saturated rings. The van der Waals surface area contributed by atoms with Crippen LogP contribution in [0.3, 0.4) is 0 Å². The molecule has 3 aromatic carbocycles. The van der Waals surface area contributed by atoms with E-state index in [2.05, 4.69) is 10.6 Å². The average Bonchev–Trinajstić information content (AvgIpc) is 3.01. The number of ketones is 1. The molecule has 168 valence electrons. The molecule has 6 nitrogen and oxygen atoms in total. The summed E-state index contributed by atoms with van der Waals surface area (Å²) in [6.45, 7) is 0. The second kappa shape index (κ2) is 8.54. The molecule has 2 atom stereocenters. The van der Waals surface area contributed by atoms with Crippen molar-refractivity contribution in [1.82, 2.24) is 0 Å². The van der Waals surface area contributed by atoms with Crippen molar-refractivity contribution in [2.45, 2.75) is 24.8 Å². The van der Waals surface area contributed by atoms with Crippen molar-refractivity contribution < 1.29 is 19.4 Å². The van der Waals surface area contributed by atoms with Gasteiger partial charge in [0, 0.05) is 17.7 Å². The molecule has 0 spiro atoms. The quantitative estimate of drug-likeness (QED) is 0.503. The molecular formula is C27H26N2O4. The summed E-state index contributed by atoms with van der Waals surface area (Å²) in [6.07, 6.45) is 1.10. The maximum absolute atomic E-state index is 13.6. The monoisotopic (exact) mass is 442 g/mol. The lowest BCUT2D eigenvalue weighted by Gasteiger charge is -2.30. The number of anilines is 2. The van der Waals surface area contributed by atoms with Crippen LogP contribution >= 0.6 is 0 Å². The van der Waals surface area contributed by atoms with E-state index in [0.717, 1.165) is 33.8 Å². The van der Waals surface area contributed by atoms with Crippen molar-refractivity contribution >= 4 is 17.2 Å². The number of carbonyl (C=O) groups excluding carboxylic acids is 1. The summed E-state index contributed by atoms with van der Waals surface area (Å²) in [6, 6.07) is 20.5. The zero-order chi connectivity index (χ0) is 22.9. The number of hydrogen-bond acceptors (Lipinski definition) is 6. The minimum atomic E-state index is -0.310. The predicted octanol–water partition coefficient (Wildman–Crippen LogP) is 5.39. The molecule has 1 heterocycles. The van der Waals surface area contributed by atoms with Crippen molar-refractivity contribution in [2.75, 3.05) is 24.9 Å². The number of carbonyl (C=O) groups is 1. The predicted molar refractivity (Wildman–Crippen MR) is 128 cm³/mol. The molecule has 1 aliphatic carbocycles. The lowest BCUT2D eigenvalue weighted by atomic mass is 9.78. The first-order chi connectivity index (χ1) is 16.1. The minimum absolute atomic E-state index is 0.0225. The van der Waals surface area contributed by atoms with Crippen LogP contribution in [-0.2, 0) is 4.79 Å². The third kappa shape index (κ3) is 3.89. The zero-order valence-electron chi connectivity index (χ0n) is 18.6. The summed E-state index contributed by atoms with van der Waals surface area (Å²) in [7, 11) is 3.23. The van der Waals surface area contributed by atoms with E-state index < -0.39 is 0 Å². The molecule has 3 N–H and O–H groups in total. The molecule has 0 bridgehead atoms. The third-order valence-corrected chi connectivity index (χ3v) is 6.41.